The molecule has 10 heteroatoms. The molecule has 5 unspecified atom stereocenters. The Bertz CT molecular complexity index is 878. The summed E-state index contributed by atoms with van der Waals surface area (Å²) in [5, 5.41) is 59.3. The summed E-state index contributed by atoms with van der Waals surface area (Å²) in [6, 6.07) is -0.240. The topological polar surface area (TPSA) is 141 Å². The number of nitrogens with zero attached hydrogens (tertiary/aromatic N) is 1. The van der Waals surface area contributed by atoms with E-state index in [1.54, 1.807) is 21.3 Å². The molecular weight excluding hydrogens is 458 g/mol. The van der Waals surface area contributed by atoms with Gasteiger partial charge in [-0.05, 0) is 18.9 Å². The van der Waals surface area contributed by atoms with Gasteiger partial charge in [-0.2, -0.15) is 0 Å². The van der Waals surface area contributed by atoms with Crippen LogP contribution < -0.4 is 0 Å². The molecule has 6 rings (SSSR count). The van der Waals surface area contributed by atoms with Gasteiger partial charge < -0.3 is 44.5 Å². The standard InChI is InChI=1S/C25H41NO9/c1-6-26-9-22(10-32-2)12(27)7-13(33-3)24-11-8-23(30)19(28)14(11)25(31,20(29)21(23)35-5)15(18(24)26)16(34-4)17(22)24/h11-21,27-31H,6-10H2,1-5H3/t11?,12-,13+,14?,15+,16?,17?,18-,19?,20+,21+,22+,23-,24+,25-/m1/s1. The van der Waals surface area contributed by atoms with Crippen LogP contribution in [0.5, 0.6) is 0 Å². The van der Waals surface area contributed by atoms with E-state index in [1.165, 1.54) is 7.11 Å². The molecule has 35 heavy (non-hydrogen) atoms. The van der Waals surface area contributed by atoms with Crippen molar-refractivity contribution < 1.29 is 44.5 Å². The molecule has 6 fully saturated rings. The van der Waals surface area contributed by atoms with Crippen molar-refractivity contribution in [3.05, 3.63) is 0 Å². The van der Waals surface area contributed by atoms with E-state index in [4.69, 9.17) is 18.9 Å². The molecule has 0 radical (unpaired) electrons. The number of hydrogen-bond donors (Lipinski definition) is 5. The molecule has 0 aromatic rings. The molecule has 0 aromatic carbocycles. The molecule has 1 aliphatic heterocycles. The van der Waals surface area contributed by atoms with Crippen LogP contribution in [0.15, 0.2) is 0 Å². The lowest BCUT2D eigenvalue weighted by molar-refractivity contribution is -0.320. The summed E-state index contributed by atoms with van der Waals surface area (Å²) in [6.45, 7) is 3.58. The van der Waals surface area contributed by atoms with Crippen LogP contribution in [0.1, 0.15) is 19.8 Å². The van der Waals surface area contributed by atoms with Gasteiger partial charge in [-0.3, -0.25) is 4.90 Å². The first-order valence-corrected chi connectivity index (χ1v) is 12.9. The van der Waals surface area contributed by atoms with E-state index in [1.807, 2.05) is 0 Å². The minimum Gasteiger partial charge on any atom is -0.392 e. The first kappa shape index (κ1) is 24.9. The third kappa shape index (κ3) is 2.35. The molecule has 0 aromatic heterocycles. The molecule has 1 saturated heterocycles. The Morgan fingerprint density at radius 1 is 0.943 bits per heavy atom. The predicted octanol–water partition coefficient (Wildman–Crippen LogP) is -1.79. The van der Waals surface area contributed by atoms with Gasteiger partial charge in [0.2, 0.25) is 0 Å². The second kappa shape index (κ2) is 7.59. The molecule has 0 amide bonds. The van der Waals surface area contributed by atoms with Gasteiger partial charge in [0.1, 0.15) is 23.4 Å². The molecule has 1 heterocycles. The summed E-state index contributed by atoms with van der Waals surface area (Å²) in [6.07, 6.45) is -4.95. The Morgan fingerprint density at radius 2 is 1.66 bits per heavy atom. The van der Waals surface area contributed by atoms with Crippen molar-refractivity contribution in [1.82, 2.24) is 4.90 Å². The minimum atomic E-state index is -1.76. The molecule has 200 valence electrons. The van der Waals surface area contributed by atoms with Crippen molar-refractivity contribution in [3.8, 4) is 0 Å². The van der Waals surface area contributed by atoms with Crippen LogP contribution in [0.25, 0.3) is 0 Å². The van der Waals surface area contributed by atoms with Crippen LogP contribution in [-0.4, -0.2) is 132 Å². The molecule has 5 N–H and O–H groups in total. The van der Waals surface area contributed by atoms with Gasteiger partial charge in [0.15, 0.2) is 0 Å². The molecule has 5 aliphatic carbocycles. The van der Waals surface area contributed by atoms with Gasteiger partial charge in [0, 0.05) is 76.0 Å². The van der Waals surface area contributed by atoms with E-state index in [9.17, 15) is 25.5 Å². The van der Waals surface area contributed by atoms with Crippen LogP contribution in [0, 0.1) is 34.5 Å². The summed E-state index contributed by atoms with van der Waals surface area (Å²) in [5.41, 5.74) is -4.81. The van der Waals surface area contributed by atoms with Crippen LogP contribution in [0.3, 0.4) is 0 Å². The van der Waals surface area contributed by atoms with E-state index in [-0.39, 0.29) is 18.4 Å². The lowest BCUT2D eigenvalue weighted by Crippen LogP contribution is -2.81. The number of rotatable bonds is 6. The highest BCUT2D eigenvalue weighted by Crippen LogP contribution is 2.79. The number of aliphatic hydroxyl groups excluding tert-OH is 3. The van der Waals surface area contributed by atoms with Gasteiger partial charge in [0.05, 0.1) is 31.0 Å². The van der Waals surface area contributed by atoms with E-state index in [0.29, 0.717) is 26.1 Å². The highest BCUT2D eigenvalue weighted by atomic mass is 16.5. The Labute approximate surface area is 206 Å². The van der Waals surface area contributed by atoms with E-state index in [2.05, 4.69) is 11.8 Å². The maximum absolute atomic E-state index is 12.6. The Balaban J connectivity index is 1.68. The fourth-order valence-electron chi connectivity index (χ4n) is 11.0. The SMILES string of the molecule is CCN1C[C@@]2(COC)C3C(OC)[C@H]4[C@@H]1[C@@]3(C1C[C@@]3(O)C(O)C1[C@]4(O)[C@@H](O)[C@@H]3OC)[C@@H](OC)C[C@H]2O. The zero-order chi connectivity index (χ0) is 25.3. The average molecular weight is 500 g/mol. The van der Waals surface area contributed by atoms with E-state index >= 15 is 0 Å². The van der Waals surface area contributed by atoms with Crippen LogP contribution in [-0.2, 0) is 18.9 Å². The lowest BCUT2D eigenvalue weighted by atomic mass is 9.42. The van der Waals surface area contributed by atoms with Crippen LogP contribution >= 0.6 is 0 Å². The second-order valence-corrected chi connectivity index (χ2v) is 12.1. The smallest absolute Gasteiger partial charge is 0.120 e. The molecule has 1 spiro atoms. The summed E-state index contributed by atoms with van der Waals surface area (Å²) in [7, 11) is 6.29. The van der Waals surface area contributed by atoms with Gasteiger partial charge in [-0.1, -0.05) is 6.92 Å². The number of likely N-dealkylation sites (tertiary alicyclic amines) is 1. The minimum absolute atomic E-state index is 0.156. The molecule has 5 saturated carbocycles. The van der Waals surface area contributed by atoms with Gasteiger partial charge >= 0.3 is 0 Å². The molecule has 10 nitrogen and oxygen atoms in total. The summed E-state index contributed by atoms with van der Waals surface area (Å²) in [4.78, 5) is 2.29. The maximum atomic E-state index is 12.6. The fourth-order valence-corrected chi connectivity index (χ4v) is 11.0. The van der Waals surface area contributed by atoms with E-state index < -0.39 is 76.4 Å². The number of fused-ring (bicyclic) bond motifs is 2. The highest BCUT2D eigenvalue weighted by molar-refractivity contribution is 5.39. The van der Waals surface area contributed by atoms with Crippen molar-refractivity contribution in [1.29, 1.82) is 0 Å². The van der Waals surface area contributed by atoms with Gasteiger partial charge in [0.25, 0.3) is 0 Å². The Morgan fingerprint density at radius 3 is 2.23 bits per heavy atom. The zero-order valence-electron chi connectivity index (χ0n) is 21.2. The normalized spacial score (nSPS) is 62.4. The number of methoxy groups -OCH3 is 4. The lowest BCUT2D eigenvalue weighted by Gasteiger charge is -2.70. The monoisotopic (exact) mass is 499 g/mol. The van der Waals surface area contributed by atoms with Crippen molar-refractivity contribution >= 4 is 0 Å². The van der Waals surface area contributed by atoms with Gasteiger partial charge in [-0.25, -0.2) is 0 Å². The summed E-state index contributed by atoms with van der Waals surface area (Å²) >= 11 is 0. The molecule has 7 bridgehead atoms. The molecule has 6 aliphatic rings. The van der Waals surface area contributed by atoms with Crippen LogP contribution in [0.2, 0.25) is 0 Å². The average Bonchev–Trinajstić information content (AvgIpc) is 3.19. The van der Waals surface area contributed by atoms with E-state index in [0.717, 1.165) is 0 Å². The fraction of sp³-hybridized carbons (Fsp3) is 1.00. The number of piperidine rings is 1. The third-order valence-electron chi connectivity index (χ3n) is 11.7. The summed E-state index contributed by atoms with van der Waals surface area (Å²) < 4.78 is 23.7. The first-order valence-electron chi connectivity index (χ1n) is 12.9. The summed E-state index contributed by atoms with van der Waals surface area (Å²) in [5.74, 6) is -2.04. The van der Waals surface area contributed by atoms with Crippen molar-refractivity contribution in [2.45, 2.75) is 73.6 Å². The van der Waals surface area contributed by atoms with Crippen molar-refractivity contribution in [2.75, 3.05) is 48.1 Å². The quantitative estimate of drug-likeness (QED) is 0.285. The largest absolute Gasteiger partial charge is 0.392 e. The second-order valence-electron chi connectivity index (χ2n) is 12.1. The molecule has 15 atom stereocenters. The first-order chi connectivity index (χ1) is 16.6. The highest BCUT2D eigenvalue weighted by Gasteiger charge is 2.90. The Kier molecular flexibility index (Phi) is 5.40. The molecular formula is C25H41NO9. The predicted molar refractivity (Wildman–Crippen MR) is 121 cm³/mol. The maximum Gasteiger partial charge on any atom is 0.120 e. The number of hydrogen-bond acceptors (Lipinski definition) is 10. The third-order valence-corrected chi connectivity index (χ3v) is 11.7. The van der Waals surface area contributed by atoms with Crippen LogP contribution in [0.4, 0.5) is 0 Å². The van der Waals surface area contributed by atoms with Crippen molar-refractivity contribution in [3.63, 3.8) is 0 Å². The number of ether oxygens (including phenoxy) is 4. The number of aliphatic hydroxyl groups is 5. The van der Waals surface area contributed by atoms with Crippen molar-refractivity contribution in [2.24, 2.45) is 34.5 Å². The van der Waals surface area contributed by atoms with Gasteiger partial charge in [-0.15, -0.1) is 0 Å². The Hall–Kier alpha value is -0.400. The zero-order valence-corrected chi connectivity index (χ0v) is 21.2.